The standard InChI is InChI=1S/2C12H8S.C8H6O/c2*1-2-4-11-9(3-1)5-6-10-7-8-13-12(10)11;1-2-4-8-7(3-1)5-6-9-8/h2*1-8H;1-6H. The fourth-order valence-electron chi connectivity index (χ4n) is 4.30. The summed E-state index contributed by atoms with van der Waals surface area (Å²) in [6.45, 7) is 0. The van der Waals surface area contributed by atoms with Crippen molar-refractivity contribution in [1.29, 1.82) is 0 Å². The predicted octanol–water partition coefficient (Wildman–Crippen LogP) is 10.5. The quantitative estimate of drug-likeness (QED) is 0.208. The van der Waals surface area contributed by atoms with E-state index in [-0.39, 0.29) is 0 Å². The second-order valence-corrected chi connectivity index (χ2v) is 10.0. The van der Waals surface area contributed by atoms with Gasteiger partial charge in [-0.25, -0.2) is 0 Å². The first kappa shape index (κ1) is 21.6. The Morgan fingerprint density at radius 2 is 0.886 bits per heavy atom. The molecular weight excluding hydrogens is 464 g/mol. The van der Waals surface area contributed by atoms with Gasteiger partial charge in [-0.05, 0) is 67.3 Å². The van der Waals surface area contributed by atoms with E-state index in [9.17, 15) is 0 Å². The second-order valence-electron chi connectivity index (χ2n) is 8.21. The van der Waals surface area contributed by atoms with Crippen LogP contribution >= 0.6 is 22.7 Å². The highest BCUT2D eigenvalue weighted by molar-refractivity contribution is 7.18. The zero-order valence-electron chi connectivity index (χ0n) is 18.9. The summed E-state index contributed by atoms with van der Waals surface area (Å²) in [6.07, 6.45) is 1.70. The molecular formula is C32H22OS2. The minimum atomic E-state index is 0.956. The van der Waals surface area contributed by atoms with Crippen molar-refractivity contribution in [3.05, 3.63) is 132 Å². The molecule has 3 heteroatoms. The average Bonchev–Trinajstić information content (AvgIpc) is 3.70. The van der Waals surface area contributed by atoms with Gasteiger partial charge in [-0.3, -0.25) is 0 Å². The highest BCUT2D eigenvalue weighted by atomic mass is 32.1. The molecule has 8 rings (SSSR count). The van der Waals surface area contributed by atoms with Crippen molar-refractivity contribution in [1.82, 2.24) is 0 Å². The van der Waals surface area contributed by atoms with Crippen LogP contribution in [0.25, 0.3) is 52.7 Å². The van der Waals surface area contributed by atoms with Gasteiger partial charge >= 0.3 is 0 Å². The minimum absolute atomic E-state index is 0.956. The van der Waals surface area contributed by atoms with Gasteiger partial charge in [0, 0.05) is 14.8 Å². The van der Waals surface area contributed by atoms with Crippen LogP contribution in [0.1, 0.15) is 0 Å². The van der Waals surface area contributed by atoms with Gasteiger partial charge in [0.2, 0.25) is 0 Å². The monoisotopic (exact) mass is 486 g/mol. The second kappa shape index (κ2) is 9.75. The Morgan fingerprint density at radius 3 is 1.46 bits per heavy atom. The molecule has 0 spiro atoms. The van der Waals surface area contributed by atoms with E-state index in [0.29, 0.717) is 0 Å². The summed E-state index contributed by atoms with van der Waals surface area (Å²) in [7, 11) is 0. The third-order valence-electron chi connectivity index (χ3n) is 6.05. The molecule has 0 bridgehead atoms. The van der Waals surface area contributed by atoms with Crippen LogP contribution < -0.4 is 0 Å². The average molecular weight is 487 g/mol. The summed E-state index contributed by atoms with van der Waals surface area (Å²) < 4.78 is 7.92. The van der Waals surface area contributed by atoms with Crippen LogP contribution in [0.4, 0.5) is 0 Å². The largest absolute Gasteiger partial charge is 0.464 e. The zero-order valence-corrected chi connectivity index (χ0v) is 20.6. The van der Waals surface area contributed by atoms with E-state index < -0.39 is 0 Å². The fraction of sp³-hybridized carbons (Fsp3) is 0. The van der Waals surface area contributed by atoms with Gasteiger partial charge in [-0.2, -0.15) is 0 Å². The summed E-state index contributed by atoms with van der Waals surface area (Å²) in [4.78, 5) is 0. The highest BCUT2D eigenvalue weighted by Crippen LogP contribution is 2.30. The Morgan fingerprint density at radius 1 is 0.400 bits per heavy atom. The summed E-state index contributed by atoms with van der Waals surface area (Å²) in [5.74, 6) is 0. The molecule has 0 amide bonds. The first-order valence-corrected chi connectivity index (χ1v) is 13.2. The molecule has 0 fully saturated rings. The normalized spacial score (nSPS) is 10.9. The smallest absolute Gasteiger partial charge is 0.133 e. The van der Waals surface area contributed by atoms with Crippen LogP contribution in [0.2, 0.25) is 0 Å². The molecule has 5 aromatic carbocycles. The lowest BCUT2D eigenvalue weighted by Crippen LogP contribution is -1.70. The van der Waals surface area contributed by atoms with Crippen LogP contribution in [0, 0.1) is 0 Å². The number of furan rings is 1. The van der Waals surface area contributed by atoms with E-state index in [0.717, 1.165) is 11.0 Å². The Labute approximate surface area is 211 Å². The van der Waals surface area contributed by atoms with Crippen molar-refractivity contribution in [2.75, 3.05) is 0 Å². The number of thiophene rings is 2. The van der Waals surface area contributed by atoms with Gasteiger partial charge in [0.15, 0.2) is 0 Å². The maximum absolute atomic E-state index is 5.12. The molecule has 3 heterocycles. The topological polar surface area (TPSA) is 13.1 Å². The van der Waals surface area contributed by atoms with E-state index >= 15 is 0 Å². The molecule has 0 saturated heterocycles. The number of hydrogen-bond acceptors (Lipinski definition) is 3. The van der Waals surface area contributed by atoms with Crippen molar-refractivity contribution in [3.8, 4) is 0 Å². The van der Waals surface area contributed by atoms with Gasteiger partial charge in [0.05, 0.1) is 6.26 Å². The SMILES string of the molecule is c1ccc2c(c1)ccc1ccsc12.c1ccc2c(c1)ccc1ccsc12.c1ccc2occc2c1. The number of benzene rings is 5. The first-order valence-electron chi connectivity index (χ1n) is 11.5. The number of para-hydroxylation sites is 1. The van der Waals surface area contributed by atoms with Crippen LogP contribution in [0.15, 0.2) is 137 Å². The van der Waals surface area contributed by atoms with E-state index in [4.69, 9.17) is 4.42 Å². The van der Waals surface area contributed by atoms with Gasteiger partial charge in [0.25, 0.3) is 0 Å². The van der Waals surface area contributed by atoms with E-state index in [1.54, 1.807) is 6.26 Å². The minimum Gasteiger partial charge on any atom is -0.464 e. The number of hydrogen-bond donors (Lipinski definition) is 0. The first-order chi connectivity index (χ1) is 17.4. The Balaban J connectivity index is 0.0000000999. The van der Waals surface area contributed by atoms with Gasteiger partial charge in [0.1, 0.15) is 5.58 Å². The molecule has 0 aliphatic carbocycles. The Kier molecular flexibility index (Phi) is 6.02. The third-order valence-corrected chi connectivity index (χ3v) is 7.98. The van der Waals surface area contributed by atoms with Gasteiger partial charge < -0.3 is 4.42 Å². The van der Waals surface area contributed by atoms with E-state index in [1.807, 2.05) is 53.0 Å². The Bertz CT molecular complexity index is 1730. The van der Waals surface area contributed by atoms with E-state index in [1.165, 1.54) is 41.7 Å². The lowest BCUT2D eigenvalue weighted by molar-refractivity contribution is 0.616. The Hall–Kier alpha value is -3.92. The third kappa shape index (κ3) is 4.44. The van der Waals surface area contributed by atoms with Crippen LogP contribution in [-0.2, 0) is 0 Å². The molecule has 0 N–H and O–H groups in total. The molecule has 0 saturated carbocycles. The summed E-state index contributed by atoms with van der Waals surface area (Å²) >= 11 is 3.63. The van der Waals surface area contributed by atoms with Crippen molar-refractivity contribution in [2.45, 2.75) is 0 Å². The molecule has 1 nitrogen and oxygen atoms in total. The predicted molar refractivity (Wildman–Crippen MR) is 155 cm³/mol. The molecule has 0 unspecified atom stereocenters. The summed E-state index contributed by atoms with van der Waals surface area (Å²) in [6, 6.07) is 40.1. The van der Waals surface area contributed by atoms with Gasteiger partial charge in [-0.15, -0.1) is 22.7 Å². The van der Waals surface area contributed by atoms with Crippen molar-refractivity contribution < 1.29 is 4.42 Å². The summed E-state index contributed by atoms with van der Waals surface area (Å²) in [5.41, 5.74) is 0.956. The molecule has 0 atom stereocenters. The number of rotatable bonds is 0. The summed E-state index contributed by atoms with van der Waals surface area (Å²) in [5, 5.41) is 13.6. The molecule has 35 heavy (non-hydrogen) atoms. The van der Waals surface area contributed by atoms with Crippen LogP contribution in [0.5, 0.6) is 0 Å². The maximum Gasteiger partial charge on any atom is 0.133 e. The van der Waals surface area contributed by atoms with Crippen molar-refractivity contribution in [2.24, 2.45) is 0 Å². The molecule has 0 aliphatic heterocycles. The number of fused-ring (bicyclic) bond motifs is 7. The van der Waals surface area contributed by atoms with Gasteiger partial charge in [-0.1, -0.05) is 91.0 Å². The maximum atomic E-state index is 5.12. The zero-order chi connectivity index (χ0) is 23.5. The van der Waals surface area contributed by atoms with Crippen molar-refractivity contribution >= 4 is 75.4 Å². The lowest BCUT2D eigenvalue weighted by Gasteiger charge is -1.97. The van der Waals surface area contributed by atoms with Crippen LogP contribution in [0.3, 0.4) is 0 Å². The fourth-order valence-corrected chi connectivity index (χ4v) is 6.17. The molecule has 0 aliphatic rings. The molecule has 168 valence electrons. The lowest BCUT2D eigenvalue weighted by atomic mass is 10.1. The van der Waals surface area contributed by atoms with Crippen LogP contribution in [-0.4, -0.2) is 0 Å². The molecule has 3 aromatic heterocycles. The highest BCUT2D eigenvalue weighted by Gasteiger charge is 2.00. The molecule has 0 radical (unpaired) electrons. The van der Waals surface area contributed by atoms with Crippen molar-refractivity contribution in [3.63, 3.8) is 0 Å². The molecule has 8 aromatic rings. The van der Waals surface area contributed by atoms with E-state index in [2.05, 4.69) is 95.7 Å².